The molecule has 1 unspecified atom stereocenters. The molecule has 0 aliphatic carbocycles. The monoisotopic (exact) mass is 393 g/mol. The van der Waals surface area contributed by atoms with Crippen molar-refractivity contribution in [1.29, 1.82) is 0 Å². The van der Waals surface area contributed by atoms with Crippen molar-refractivity contribution < 1.29 is 17.7 Å². The van der Waals surface area contributed by atoms with E-state index in [0.717, 1.165) is 11.3 Å². The van der Waals surface area contributed by atoms with Crippen molar-refractivity contribution in [2.45, 2.75) is 51.7 Å². The summed E-state index contributed by atoms with van der Waals surface area (Å²) in [6.07, 6.45) is 0.627. The quantitative estimate of drug-likeness (QED) is 0.745. The topological polar surface area (TPSA) is 85.5 Å². The van der Waals surface area contributed by atoms with Gasteiger partial charge in [0.25, 0.3) is 0 Å². The summed E-state index contributed by atoms with van der Waals surface area (Å²) in [5.41, 5.74) is 0.864. The Bertz CT molecular complexity index is 869. The molecule has 3 rings (SSSR count). The molecular formula is C19H27N3O4S. The van der Waals surface area contributed by atoms with E-state index in [0.29, 0.717) is 31.2 Å². The van der Waals surface area contributed by atoms with Crippen LogP contribution in [0.5, 0.6) is 5.75 Å². The second-order valence-corrected chi connectivity index (χ2v) is 10.3. The van der Waals surface area contributed by atoms with E-state index in [1.807, 2.05) is 45.0 Å². The molecule has 1 aliphatic rings. The van der Waals surface area contributed by atoms with E-state index < -0.39 is 9.84 Å². The number of nitrogens with zero attached hydrogens (tertiary/aromatic N) is 3. The molecule has 2 aromatic rings. The third-order valence-electron chi connectivity index (χ3n) is 4.72. The first-order chi connectivity index (χ1) is 12.7. The molecule has 148 valence electrons. The maximum absolute atomic E-state index is 12.0. The number of methoxy groups -OCH3 is 1. The summed E-state index contributed by atoms with van der Waals surface area (Å²) in [6.45, 7) is 7.12. The average molecular weight is 394 g/mol. The van der Waals surface area contributed by atoms with Crippen molar-refractivity contribution in [3.8, 4) is 5.75 Å². The Morgan fingerprint density at radius 3 is 2.44 bits per heavy atom. The van der Waals surface area contributed by atoms with E-state index in [1.54, 1.807) is 7.11 Å². The molecule has 8 heteroatoms. The maximum Gasteiger partial charge on any atom is 0.232 e. The van der Waals surface area contributed by atoms with Gasteiger partial charge in [0.2, 0.25) is 5.89 Å². The van der Waals surface area contributed by atoms with Crippen LogP contribution in [0.1, 0.15) is 44.5 Å². The lowest BCUT2D eigenvalue weighted by Crippen LogP contribution is -2.35. The molecule has 1 atom stereocenters. The lowest BCUT2D eigenvalue weighted by atomic mass is 9.97. The Hall–Kier alpha value is -1.93. The first-order valence-electron chi connectivity index (χ1n) is 9.07. The second kappa shape index (κ2) is 7.59. The smallest absolute Gasteiger partial charge is 0.232 e. The van der Waals surface area contributed by atoms with Gasteiger partial charge < -0.3 is 9.26 Å². The van der Waals surface area contributed by atoms with Gasteiger partial charge in [-0.1, -0.05) is 38.1 Å². The Kier molecular flexibility index (Phi) is 5.58. The number of benzene rings is 1. The van der Waals surface area contributed by atoms with E-state index in [2.05, 4.69) is 15.0 Å². The largest absolute Gasteiger partial charge is 0.497 e. The standard InChI is InChI=1S/C19H27N3O4S/c1-19(2,3)18-20-17(21-26-18)12-22(15-9-10-27(23,24)13-15)11-14-5-7-16(25-4)8-6-14/h5-8,15H,9-13H2,1-4H3. The SMILES string of the molecule is COc1ccc(CN(Cc2noc(C(C)(C)C)n2)C2CCS(=O)(=O)C2)cc1. The Balaban J connectivity index is 1.80. The Morgan fingerprint density at radius 2 is 1.93 bits per heavy atom. The fourth-order valence-corrected chi connectivity index (χ4v) is 4.91. The van der Waals surface area contributed by atoms with Crippen LogP contribution < -0.4 is 4.74 Å². The van der Waals surface area contributed by atoms with Crippen molar-refractivity contribution in [2.24, 2.45) is 0 Å². The normalized spacial score (nSPS) is 19.5. The third kappa shape index (κ3) is 5.07. The van der Waals surface area contributed by atoms with Crippen molar-refractivity contribution in [3.05, 3.63) is 41.5 Å². The molecule has 0 N–H and O–H groups in total. The molecule has 1 fully saturated rings. The minimum absolute atomic E-state index is 0.0475. The third-order valence-corrected chi connectivity index (χ3v) is 6.47. The van der Waals surface area contributed by atoms with Crippen LogP contribution in [0.2, 0.25) is 0 Å². The zero-order valence-corrected chi connectivity index (χ0v) is 17.1. The zero-order valence-electron chi connectivity index (χ0n) is 16.3. The van der Waals surface area contributed by atoms with Crippen LogP contribution in [0.25, 0.3) is 0 Å². The predicted octanol–water partition coefficient (Wildman–Crippen LogP) is 2.57. The summed E-state index contributed by atoms with van der Waals surface area (Å²) in [5, 5.41) is 4.10. The number of sulfone groups is 1. The lowest BCUT2D eigenvalue weighted by molar-refractivity contribution is 0.187. The molecule has 1 aromatic heterocycles. The molecule has 1 saturated heterocycles. The van der Waals surface area contributed by atoms with Crippen LogP contribution in [-0.2, 0) is 28.3 Å². The number of hydrogen-bond acceptors (Lipinski definition) is 7. The molecular weight excluding hydrogens is 366 g/mol. The number of rotatable bonds is 6. The van der Waals surface area contributed by atoms with Crippen LogP contribution >= 0.6 is 0 Å². The van der Waals surface area contributed by atoms with Crippen LogP contribution in [-0.4, -0.2) is 48.1 Å². The van der Waals surface area contributed by atoms with E-state index >= 15 is 0 Å². The van der Waals surface area contributed by atoms with Crippen molar-refractivity contribution in [3.63, 3.8) is 0 Å². The van der Waals surface area contributed by atoms with Crippen LogP contribution in [0, 0.1) is 0 Å². The second-order valence-electron chi connectivity index (χ2n) is 8.08. The van der Waals surface area contributed by atoms with Gasteiger partial charge in [0, 0.05) is 18.0 Å². The van der Waals surface area contributed by atoms with Crippen molar-refractivity contribution in [2.75, 3.05) is 18.6 Å². The van der Waals surface area contributed by atoms with E-state index in [9.17, 15) is 8.42 Å². The molecule has 0 amide bonds. The number of ether oxygens (including phenoxy) is 1. The highest BCUT2D eigenvalue weighted by Gasteiger charge is 2.33. The van der Waals surface area contributed by atoms with Crippen LogP contribution in [0.15, 0.2) is 28.8 Å². The fourth-order valence-electron chi connectivity index (χ4n) is 3.15. The maximum atomic E-state index is 12.0. The number of aromatic nitrogens is 2. The van der Waals surface area contributed by atoms with Gasteiger partial charge in [0.05, 0.1) is 25.2 Å². The summed E-state index contributed by atoms with van der Waals surface area (Å²) in [6, 6.07) is 7.75. The first kappa shape index (κ1) is 19.8. The van der Waals surface area contributed by atoms with Crippen LogP contribution in [0.4, 0.5) is 0 Å². The Morgan fingerprint density at radius 1 is 1.22 bits per heavy atom. The molecule has 2 heterocycles. The van der Waals surface area contributed by atoms with Crippen molar-refractivity contribution in [1.82, 2.24) is 15.0 Å². The number of hydrogen-bond donors (Lipinski definition) is 0. The minimum atomic E-state index is -2.98. The molecule has 27 heavy (non-hydrogen) atoms. The summed E-state index contributed by atoms with van der Waals surface area (Å²) < 4.78 is 34.6. The van der Waals surface area contributed by atoms with Gasteiger partial charge in [-0.2, -0.15) is 4.98 Å². The van der Waals surface area contributed by atoms with E-state index in [-0.39, 0.29) is 23.0 Å². The molecule has 7 nitrogen and oxygen atoms in total. The van der Waals surface area contributed by atoms with Gasteiger partial charge in [-0.25, -0.2) is 8.42 Å². The molecule has 0 radical (unpaired) electrons. The summed E-state index contributed by atoms with van der Waals surface area (Å²) in [4.78, 5) is 6.64. The Labute approximate surface area is 160 Å². The molecule has 1 aromatic carbocycles. The van der Waals surface area contributed by atoms with Crippen LogP contribution in [0.3, 0.4) is 0 Å². The van der Waals surface area contributed by atoms with Crippen molar-refractivity contribution >= 4 is 9.84 Å². The molecule has 0 spiro atoms. The highest BCUT2D eigenvalue weighted by molar-refractivity contribution is 7.91. The average Bonchev–Trinajstić information content (AvgIpc) is 3.21. The summed E-state index contributed by atoms with van der Waals surface area (Å²) >= 11 is 0. The zero-order chi connectivity index (χ0) is 19.7. The highest BCUT2D eigenvalue weighted by Crippen LogP contribution is 2.24. The van der Waals surface area contributed by atoms with Gasteiger partial charge in [0.15, 0.2) is 15.7 Å². The fraction of sp³-hybridized carbons (Fsp3) is 0.579. The van der Waals surface area contributed by atoms with Gasteiger partial charge in [-0.15, -0.1) is 0 Å². The molecule has 0 bridgehead atoms. The highest BCUT2D eigenvalue weighted by atomic mass is 32.2. The molecule has 0 saturated carbocycles. The van der Waals surface area contributed by atoms with E-state index in [4.69, 9.17) is 9.26 Å². The minimum Gasteiger partial charge on any atom is -0.497 e. The molecule has 1 aliphatic heterocycles. The van der Waals surface area contributed by atoms with Gasteiger partial charge in [0.1, 0.15) is 5.75 Å². The summed E-state index contributed by atoms with van der Waals surface area (Å²) in [7, 11) is -1.35. The van der Waals surface area contributed by atoms with Gasteiger partial charge >= 0.3 is 0 Å². The van der Waals surface area contributed by atoms with E-state index in [1.165, 1.54) is 0 Å². The lowest BCUT2D eigenvalue weighted by Gasteiger charge is -2.26. The summed E-state index contributed by atoms with van der Waals surface area (Å²) in [5.74, 6) is 2.36. The first-order valence-corrected chi connectivity index (χ1v) is 10.9. The van der Waals surface area contributed by atoms with Gasteiger partial charge in [-0.3, -0.25) is 4.90 Å². The van der Waals surface area contributed by atoms with Gasteiger partial charge in [-0.05, 0) is 24.1 Å². The predicted molar refractivity (Wildman–Crippen MR) is 102 cm³/mol.